The van der Waals surface area contributed by atoms with Gasteiger partial charge in [0.1, 0.15) is 0 Å². The summed E-state index contributed by atoms with van der Waals surface area (Å²) in [5, 5.41) is 0. The first-order valence-electron chi connectivity index (χ1n) is 11.4. The zero-order chi connectivity index (χ0) is 20.7. The minimum absolute atomic E-state index is 0.0712. The Morgan fingerprint density at radius 2 is 1.38 bits per heavy atom. The summed E-state index contributed by atoms with van der Waals surface area (Å²) in [5.41, 5.74) is 2.78. The molecule has 2 fully saturated rings. The van der Waals surface area contributed by atoms with Gasteiger partial charge in [-0.3, -0.25) is 0 Å². The van der Waals surface area contributed by atoms with Gasteiger partial charge in [0, 0.05) is 12.7 Å². The van der Waals surface area contributed by atoms with Gasteiger partial charge in [-0.25, -0.2) is 0 Å². The van der Waals surface area contributed by atoms with Crippen LogP contribution in [0, 0.1) is 5.92 Å². The topological polar surface area (TPSA) is 9.23 Å². The number of benzene rings is 1. The number of rotatable bonds is 7. The Hall–Kier alpha value is -1.29. The van der Waals surface area contributed by atoms with Gasteiger partial charge in [-0.1, -0.05) is 43.7 Å². The highest BCUT2D eigenvalue weighted by Gasteiger charge is 2.26. The molecule has 0 radical (unpaired) electrons. The van der Waals surface area contributed by atoms with E-state index < -0.39 is 6.18 Å². The summed E-state index contributed by atoms with van der Waals surface area (Å²) in [4.78, 5) is 0. The average molecular weight is 409 g/mol. The van der Waals surface area contributed by atoms with Crippen LogP contribution in [-0.4, -0.2) is 18.9 Å². The van der Waals surface area contributed by atoms with Crippen LogP contribution < -0.4 is 0 Å². The quantitative estimate of drug-likeness (QED) is 0.329. The smallest absolute Gasteiger partial charge is 0.378 e. The summed E-state index contributed by atoms with van der Waals surface area (Å²) < 4.78 is 43.0. The van der Waals surface area contributed by atoms with Crippen LogP contribution in [0.2, 0.25) is 0 Å². The van der Waals surface area contributed by atoms with Gasteiger partial charge in [0.15, 0.2) is 0 Å². The van der Waals surface area contributed by atoms with Crippen LogP contribution in [0.5, 0.6) is 0 Å². The Balaban J connectivity index is 1.45. The SMILES string of the molecule is CCCCO[C@H]1CC[C@H](c2ccc([C@H]3CC[C@H](C=CC(F)(F)F)CC3)cc2)CC1. The molecule has 0 atom stereocenters. The highest BCUT2D eigenvalue weighted by molar-refractivity contribution is 5.28. The highest BCUT2D eigenvalue weighted by Crippen LogP contribution is 2.39. The zero-order valence-electron chi connectivity index (χ0n) is 17.6. The Labute approximate surface area is 173 Å². The highest BCUT2D eigenvalue weighted by atomic mass is 19.4. The minimum atomic E-state index is -4.19. The molecule has 3 rings (SSSR count). The van der Waals surface area contributed by atoms with Gasteiger partial charge < -0.3 is 4.74 Å². The third-order valence-corrected chi connectivity index (χ3v) is 6.73. The predicted molar refractivity (Wildman–Crippen MR) is 112 cm³/mol. The second-order valence-corrected chi connectivity index (χ2v) is 8.88. The Bertz CT molecular complexity index is 618. The molecular weight excluding hydrogens is 373 g/mol. The van der Waals surface area contributed by atoms with Crippen molar-refractivity contribution in [3.8, 4) is 0 Å². The van der Waals surface area contributed by atoms with Crippen molar-refractivity contribution < 1.29 is 17.9 Å². The maximum absolute atomic E-state index is 12.3. The van der Waals surface area contributed by atoms with Gasteiger partial charge in [-0.15, -0.1) is 0 Å². The number of ether oxygens (including phenoxy) is 1. The normalized spacial score (nSPS) is 28.7. The first-order valence-corrected chi connectivity index (χ1v) is 11.4. The molecule has 1 aromatic carbocycles. The third kappa shape index (κ3) is 7.16. The van der Waals surface area contributed by atoms with Gasteiger partial charge in [0.2, 0.25) is 0 Å². The third-order valence-electron chi connectivity index (χ3n) is 6.73. The lowest BCUT2D eigenvalue weighted by atomic mass is 9.77. The van der Waals surface area contributed by atoms with Crippen molar-refractivity contribution in [3.63, 3.8) is 0 Å². The lowest BCUT2D eigenvalue weighted by Gasteiger charge is -2.30. The molecule has 29 heavy (non-hydrogen) atoms. The molecule has 0 aromatic heterocycles. The first-order chi connectivity index (χ1) is 13.9. The van der Waals surface area contributed by atoms with Crippen molar-refractivity contribution in [1.29, 1.82) is 0 Å². The number of halogens is 3. The summed E-state index contributed by atoms with van der Waals surface area (Å²) in [7, 11) is 0. The van der Waals surface area contributed by atoms with Crippen molar-refractivity contribution in [2.75, 3.05) is 6.61 Å². The van der Waals surface area contributed by atoms with E-state index in [0.29, 0.717) is 24.0 Å². The van der Waals surface area contributed by atoms with Crippen LogP contribution in [0.25, 0.3) is 0 Å². The molecule has 0 bridgehead atoms. The summed E-state index contributed by atoms with van der Waals surface area (Å²) in [6, 6.07) is 9.09. The van der Waals surface area contributed by atoms with Crippen molar-refractivity contribution in [3.05, 3.63) is 47.5 Å². The largest absolute Gasteiger partial charge is 0.409 e. The minimum Gasteiger partial charge on any atom is -0.378 e. The molecule has 0 saturated heterocycles. The van der Waals surface area contributed by atoms with E-state index in [0.717, 1.165) is 51.6 Å². The number of alkyl halides is 3. The molecule has 0 N–H and O–H groups in total. The fraction of sp³-hybridized carbons (Fsp3) is 0.680. The molecule has 0 unspecified atom stereocenters. The molecule has 0 heterocycles. The molecule has 1 aromatic rings. The molecule has 4 heteroatoms. The van der Waals surface area contributed by atoms with Crippen molar-refractivity contribution in [1.82, 2.24) is 0 Å². The van der Waals surface area contributed by atoms with Gasteiger partial charge >= 0.3 is 6.18 Å². The van der Waals surface area contributed by atoms with Crippen LogP contribution in [-0.2, 0) is 4.74 Å². The Morgan fingerprint density at radius 1 is 0.862 bits per heavy atom. The predicted octanol–water partition coefficient (Wildman–Crippen LogP) is 7.92. The molecule has 0 aliphatic heterocycles. The fourth-order valence-electron chi connectivity index (χ4n) is 4.89. The Morgan fingerprint density at radius 3 is 1.86 bits per heavy atom. The van der Waals surface area contributed by atoms with Gasteiger partial charge in [-0.2, -0.15) is 13.2 Å². The zero-order valence-corrected chi connectivity index (χ0v) is 17.6. The summed E-state index contributed by atoms with van der Waals surface area (Å²) in [6.45, 7) is 3.09. The lowest BCUT2D eigenvalue weighted by molar-refractivity contribution is -0.0803. The second-order valence-electron chi connectivity index (χ2n) is 8.88. The van der Waals surface area contributed by atoms with E-state index in [2.05, 4.69) is 31.2 Å². The molecule has 2 aliphatic rings. The van der Waals surface area contributed by atoms with E-state index in [1.807, 2.05) is 0 Å². The molecule has 1 nitrogen and oxygen atoms in total. The van der Waals surface area contributed by atoms with E-state index in [-0.39, 0.29) is 5.92 Å². The first kappa shape index (κ1) is 22.4. The van der Waals surface area contributed by atoms with Crippen LogP contribution in [0.15, 0.2) is 36.4 Å². The Kier molecular flexibility index (Phi) is 8.23. The van der Waals surface area contributed by atoms with E-state index in [1.54, 1.807) is 0 Å². The molecule has 0 amide bonds. The molecule has 162 valence electrons. The van der Waals surface area contributed by atoms with Gasteiger partial charge in [-0.05, 0) is 86.7 Å². The second kappa shape index (κ2) is 10.7. The van der Waals surface area contributed by atoms with Gasteiger partial charge in [0.05, 0.1) is 6.10 Å². The van der Waals surface area contributed by atoms with Crippen LogP contribution in [0.4, 0.5) is 13.2 Å². The molecule has 2 saturated carbocycles. The summed E-state index contributed by atoms with van der Waals surface area (Å²) >= 11 is 0. The number of unbranched alkanes of at least 4 members (excludes halogenated alkanes) is 1. The van der Waals surface area contributed by atoms with Crippen molar-refractivity contribution in [2.45, 2.75) is 95.2 Å². The maximum atomic E-state index is 12.3. The standard InChI is InChI=1S/C25H35F3O/c1-2-3-18-29-24-14-12-23(13-15-24)22-10-8-21(9-11-22)20-6-4-19(5-7-20)16-17-25(26,27)28/h8-11,16-17,19-20,23-24H,2-7,12-15,18H2,1H3/t19-,20-,23-,24-. The van der Waals surface area contributed by atoms with Crippen LogP contribution >= 0.6 is 0 Å². The molecule has 2 aliphatic carbocycles. The van der Waals surface area contributed by atoms with Crippen LogP contribution in [0.3, 0.4) is 0 Å². The van der Waals surface area contributed by atoms with Crippen molar-refractivity contribution >= 4 is 0 Å². The average Bonchev–Trinajstić information content (AvgIpc) is 2.73. The molecular formula is C25H35F3O. The summed E-state index contributed by atoms with van der Waals surface area (Å²) in [5.74, 6) is 1.20. The monoisotopic (exact) mass is 408 g/mol. The summed E-state index contributed by atoms with van der Waals surface area (Å²) in [6.07, 6.45) is 8.75. The maximum Gasteiger partial charge on any atom is 0.409 e. The fourth-order valence-corrected chi connectivity index (χ4v) is 4.89. The van der Waals surface area contributed by atoms with Crippen molar-refractivity contribution in [2.24, 2.45) is 5.92 Å². The van der Waals surface area contributed by atoms with E-state index >= 15 is 0 Å². The van der Waals surface area contributed by atoms with E-state index in [9.17, 15) is 13.2 Å². The number of hydrogen-bond donors (Lipinski definition) is 0. The molecule has 0 spiro atoms. The van der Waals surface area contributed by atoms with E-state index in [4.69, 9.17) is 4.74 Å². The lowest BCUT2D eigenvalue weighted by Crippen LogP contribution is -2.21. The van der Waals surface area contributed by atoms with E-state index in [1.165, 1.54) is 36.5 Å². The number of allylic oxidation sites excluding steroid dienone is 2. The van der Waals surface area contributed by atoms with Gasteiger partial charge in [0.25, 0.3) is 0 Å². The number of hydrogen-bond acceptors (Lipinski definition) is 1. The van der Waals surface area contributed by atoms with Crippen LogP contribution in [0.1, 0.15) is 94.1 Å².